The van der Waals surface area contributed by atoms with Gasteiger partial charge in [-0.25, -0.2) is 0 Å². The molecule has 10 heteroatoms. The molecule has 1 amide bonds. The fourth-order valence-electron chi connectivity index (χ4n) is 8.08. The Balaban J connectivity index is 0.00000226. The van der Waals surface area contributed by atoms with Gasteiger partial charge in [0.25, 0.3) is 0 Å². The molecule has 1 N–H and O–H groups in total. The molecule has 3 atom stereocenters. The summed E-state index contributed by atoms with van der Waals surface area (Å²) in [6.07, 6.45) is 10.0. The van der Waals surface area contributed by atoms with Crippen LogP contribution in [0.3, 0.4) is 0 Å². The first-order valence-corrected chi connectivity index (χ1v) is 17.1. The molecular formula is C35H55F3N2O5. The third kappa shape index (κ3) is 10.4. The van der Waals surface area contributed by atoms with Crippen molar-refractivity contribution in [1.29, 1.82) is 0 Å². The second-order valence-corrected chi connectivity index (χ2v) is 13.6. The Morgan fingerprint density at radius 1 is 0.956 bits per heavy atom. The third-order valence-electron chi connectivity index (χ3n) is 10.7. The van der Waals surface area contributed by atoms with Crippen molar-refractivity contribution in [3.8, 4) is 0 Å². The van der Waals surface area contributed by atoms with E-state index >= 15 is 0 Å². The van der Waals surface area contributed by atoms with Gasteiger partial charge in [0, 0.05) is 70.1 Å². The summed E-state index contributed by atoms with van der Waals surface area (Å²) in [5, 5.41) is 10.2. The minimum atomic E-state index is -4.30. The Hall–Kier alpha value is -1.72. The number of halogens is 3. The van der Waals surface area contributed by atoms with Crippen LogP contribution in [0.15, 0.2) is 37.0 Å². The summed E-state index contributed by atoms with van der Waals surface area (Å²) in [5.74, 6) is 1.44. The molecule has 45 heavy (non-hydrogen) atoms. The Kier molecular flexibility index (Phi) is 13.6. The van der Waals surface area contributed by atoms with Crippen LogP contribution in [-0.2, 0) is 19.0 Å². The molecule has 2 heterocycles. The molecule has 0 radical (unpaired) electrons. The zero-order valence-electron chi connectivity index (χ0n) is 27.2. The lowest BCUT2D eigenvalue weighted by atomic mass is 9.68. The minimum absolute atomic E-state index is 0.0350. The van der Waals surface area contributed by atoms with Crippen LogP contribution in [0.5, 0.6) is 0 Å². The molecule has 0 aromatic heterocycles. The summed E-state index contributed by atoms with van der Waals surface area (Å²) >= 11 is 0. The zero-order valence-corrected chi connectivity index (χ0v) is 27.2. The van der Waals surface area contributed by atoms with Crippen LogP contribution in [0, 0.1) is 23.7 Å². The highest BCUT2D eigenvalue weighted by Crippen LogP contribution is 2.46. The second kappa shape index (κ2) is 16.9. The van der Waals surface area contributed by atoms with Crippen molar-refractivity contribution in [3.63, 3.8) is 0 Å². The van der Waals surface area contributed by atoms with Crippen LogP contribution in [-0.4, -0.2) is 97.5 Å². The number of aliphatic hydroxyl groups excluding tert-OH is 1. The fraction of sp³-hybridized carbons (Fsp3) is 0.800. The molecule has 0 bridgehead atoms. The first-order valence-electron chi connectivity index (χ1n) is 17.1. The van der Waals surface area contributed by atoms with E-state index in [0.717, 1.165) is 89.8 Å². The van der Waals surface area contributed by atoms with Gasteiger partial charge in [0.15, 0.2) is 5.79 Å². The maximum Gasteiger partial charge on any atom is 0.409 e. The maximum absolute atomic E-state index is 13.3. The molecule has 5 rings (SSSR count). The van der Waals surface area contributed by atoms with E-state index in [1.165, 1.54) is 0 Å². The highest BCUT2D eigenvalue weighted by Gasteiger charge is 2.44. The average molecular weight is 641 g/mol. The van der Waals surface area contributed by atoms with Crippen LogP contribution in [0.25, 0.3) is 0 Å². The number of nitrogens with zero attached hydrogens (tertiary/aromatic N) is 2. The van der Waals surface area contributed by atoms with E-state index in [0.29, 0.717) is 50.3 Å². The number of aliphatic hydroxyl groups is 1. The van der Waals surface area contributed by atoms with E-state index in [4.69, 9.17) is 14.2 Å². The highest BCUT2D eigenvalue weighted by molar-refractivity contribution is 5.79. The normalized spacial score (nSPS) is 32.1. The van der Waals surface area contributed by atoms with E-state index in [1.54, 1.807) is 13.0 Å². The van der Waals surface area contributed by atoms with Crippen LogP contribution in [0.2, 0.25) is 0 Å². The summed E-state index contributed by atoms with van der Waals surface area (Å²) in [4.78, 5) is 17.4. The lowest BCUT2D eigenvalue weighted by Crippen LogP contribution is -2.50. The summed E-state index contributed by atoms with van der Waals surface area (Å²) in [7, 11) is 0. The molecule has 256 valence electrons. The van der Waals surface area contributed by atoms with Crippen molar-refractivity contribution in [1.82, 2.24) is 9.80 Å². The number of ether oxygens (including phenoxy) is 3. The van der Waals surface area contributed by atoms with E-state index in [-0.39, 0.29) is 48.4 Å². The van der Waals surface area contributed by atoms with Crippen molar-refractivity contribution in [2.75, 3.05) is 52.5 Å². The topological polar surface area (TPSA) is 71.5 Å². The Morgan fingerprint density at radius 2 is 1.60 bits per heavy atom. The smallest absolute Gasteiger partial charge is 0.396 e. The Labute approximate surface area is 267 Å². The Bertz CT molecular complexity index is 972. The number of amides is 1. The summed E-state index contributed by atoms with van der Waals surface area (Å²) < 4.78 is 55.5. The number of rotatable bonds is 8. The minimum Gasteiger partial charge on any atom is -0.396 e. The maximum atomic E-state index is 13.3. The number of hydrogen-bond donors (Lipinski definition) is 1. The van der Waals surface area contributed by atoms with Crippen molar-refractivity contribution >= 4 is 5.91 Å². The summed E-state index contributed by atoms with van der Waals surface area (Å²) in [5.41, 5.74) is 0.584. The molecule has 5 fully saturated rings. The summed E-state index contributed by atoms with van der Waals surface area (Å²) in [6, 6.07) is 0. The number of piperazine rings is 1. The monoisotopic (exact) mass is 640 g/mol. The number of allylic oxidation sites excluding steroid dienone is 3. The molecule has 1 spiro atoms. The highest BCUT2D eigenvalue weighted by atomic mass is 19.4. The largest absolute Gasteiger partial charge is 0.409 e. The molecule has 0 aromatic carbocycles. The van der Waals surface area contributed by atoms with Gasteiger partial charge in [-0.05, 0) is 76.5 Å². The standard InChI is InChI=1S/C33H51F3N2O5.C2H4/c1-24(8-14-33(34,35)36)11-15-37-16-18-38(19-17-37)31(40)26-2-5-29(6-3-26)43-30-7-4-27(22-28(30)23-39)25-9-12-32(13-10-25)41-20-21-42-32;1-2/h8,11,14,25-30,39H,2-7,9-10,12-13,15-23H2,1H3;1-2H2/b14-8+,24-11+;. The molecule has 3 unspecified atom stereocenters. The zero-order chi connectivity index (χ0) is 32.5. The van der Waals surface area contributed by atoms with Gasteiger partial charge in [0.05, 0.1) is 25.4 Å². The van der Waals surface area contributed by atoms with E-state index in [2.05, 4.69) is 18.1 Å². The predicted octanol–water partition coefficient (Wildman–Crippen LogP) is 6.28. The molecule has 3 saturated carbocycles. The van der Waals surface area contributed by atoms with Gasteiger partial charge in [0.2, 0.25) is 5.91 Å². The van der Waals surface area contributed by atoms with Gasteiger partial charge in [0.1, 0.15) is 0 Å². The molecule has 5 aliphatic rings. The van der Waals surface area contributed by atoms with E-state index < -0.39 is 6.18 Å². The number of carbonyl (C=O) groups is 1. The van der Waals surface area contributed by atoms with Gasteiger partial charge >= 0.3 is 6.18 Å². The Morgan fingerprint density at radius 3 is 2.20 bits per heavy atom. The van der Waals surface area contributed by atoms with Crippen molar-refractivity contribution < 1.29 is 37.3 Å². The van der Waals surface area contributed by atoms with Crippen molar-refractivity contribution in [2.45, 2.75) is 102 Å². The quantitative estimate of drug-likeness (QED) is 0.249. The molecule has 7 nitrogen and oxygen atoms in total. The summed E-state index contributed by atoms with van der Waals surface area (Å²) in [6.45, 7) is 12.6. The van der Waals surface area contributed by atoms with E-state index in [9.17, 15) is 23.1 Å². The van der Waals surface area contributed by atoms with Gasteiger partial charge in [-0.2, -0.15) is 13.2 Å². The van der Waals surface area contributed by atoms with E-state index in [1.807, 2.05) is 4.90 Å². The van der Waals surface area contributed by atoms with Crippen LogP contribution in [0.4, 0.5) is 13.2 Å². The van der Waals surface area contributed by atoms with Gasteiger partial charge in [-0.3, -0.25) is 9.69 Å². The third-order valence-corrected chi connectivity index (χ3v) is 10.7. The molecular weight excluding hydrogens is 585 g/mol. The van der Waals surface area contributed by atoms with Gasteiger partial charge < -0.3 is 24.2 Å². The van der Waals surface area contributed by atoms with Crippen LogP contribution >= 0.6 is 0 Å². The van der Waals surface area contributed by atoms with Gasteiger partial charge in [-0.15, -0.1) is 13.2 Å². The first kappa shape index (κ1) is 36.1. The van der Waals surface area contributed by atoms with Gasteiger partial charge in [-0.1, -0.05) is 17.7 Å². The van der Waals surface area contributed by atoms with Crippen molar-refractivity contribution in [2.24, 2.45) is 23.7 Å². The van der Waals surface area contributed by atoms with Crippen LogP contribution < -0.4 is 0 Å². The molecule has 2 saturated heterocycles. The van der Waals surface area contributed by atoms with Crippen molar-refractivity contribution in [3.05, 3.63) is 37.0 Å². The van der Waals surface area contributed by atoms with Crippen LogP contribution in [0.1, 0.15) is 77.6 Å². The first-order chi connectivity index (χ1) is 21.6. The molecule has 3 aliphatic carbocycles. The predicted molar refractivity (Wildman–Crippen MR) is 168 cm³/mol. The lowest BCUT2D eigenvalue weighted by Gasteiger charge is -2.44. The lowest BCUT2D eigenvalue weighted by molar-refractivity contribution is -0.187. The number of hydrogen-bond acceptors (Lipinski definition) is 6. The molecule has 0 aromatic rings. The SMILES string of the molecule is C=C.CC(/C=C/C(F)(F)F)=C\CN1CCN(C(=O)C2CCC(OC3CCC(C4CCC5(CC4)OCCO5)CC3CO)CC2)CC1. The second-order valence-electron chi connectivity index (χ2n) is 13.6. The number of carbonyl (C=O) groups excluding carboxylic acids is 1. The fourth-order valence-corrected chi connectivity index (χ4v) is 8.08. The number of alkyl halides is 3. The molecule has 2 aliphatic heterocycles. The average Bonchev–Trinajstić information content (AvgIpc) is 3.52.